The molecule has 21 heavy (non-hydrogen) atoms. The van der Waals surface area contributed by atoms with Gasteiger partial charge in [0, 0.05) is 16.7 Å². The van der Waals surface area contributed by atoms with Crippen molar-refractivity contribution in [2.24, 2.45) is 11.7 Å². The van der Waals surface area contributed by atoms with Gasteiger partial charge in [-0.25, -0.2) is 4.79 Å². The number of aliphatic carboxylic acids is 1. The van der Waals surface area contributed by atoms with Crippen LogP contribution in [0.25, 0.3) is 0 Å². The van der Waals surface area contributed by atoms with Crippen molar-refractivity contribution in [3.8, 4) is 0 Å². The van der Waals surface area contributed by atoms with Gasteiger partial charge in [0.25, 0.3) is 0 Å². The van der Waals surface area contributed by atoms with E-state index in [9.17, 15) is 14.7 Å². The van der Waals surface area contributed by atoms with E-state index in [1.54, 1.807) is 18.2 Å². The van der Waals surface area contributed by atoms with Crippen molar-refractivity contribution in [1.82, 2.24) is 0 Å². The van der Waals surface area contributed by atoms with Crippen LogP contribution in [-0.4, -0.2) is 29.6 Å². The number of carbonyl (C=O) groups excluding carboxylic acids is 1. The van der Waals surface area contributed by atoms with E-state index in [2.05, 4.69) is 22.9 Å². The summed E-state index contributed by atoms with van der Waals surface area (Å²) in [7, 11) is 0. The summed E-state index contributed by atoms with van der Waals surface area (Å²) >= 11 is 3.32. The summed E-state index contributed by atoms with van der Waals surface area (Å²) in [6.45, 7) is 2.80. The Bertz CT molecular complexity index is 562. The maximum absolute atomic E-state index is 11.5. The van der Waals surface area contributed by atoms with Crippen LogP contribution in [0.3, 0.4) is 0 Å². The van der Waals surface area contributed by atoms with E-state index in [0.717, 1.165) is 18.5 Å². The van der Waals surface area contributed by atoms with E-state index in [0.29, 0.717) is 28.9 Å². The topological polar surface area (TPSA) is 83.6 Å². The Morgan fingerprint density at radius 2 is 2.19 bits per heavy atom. The lowest BCUT2D eigenvalue weighted by Crippen LogP contribution is -2.47. The van der Waals surface area contributed by atoms with Gasteiger partial charge in [0.1, 0.15) is 6.04 Å². The first kappa shape index (κ1) is 15.8. The van der Waals surface area contributed by atoms with Crippen LogP contribution in [0.5, 0.6) is 0 Å². The Balaban J connectivity index is 2.29. The number of amides is 1. The number of hydrogen-bond donors (Lipinski definition) is 2. The zero-order valence-electron chi connectivity index (χ0n) is 11.9. The van der Waals surface area contributed by atoms with E-state index < -0.39 is 17.9 Å². The van der Waals surface area contributed by atoms with Crippen molar-refractivity contribution in [3.63, 3.8) is 0 Å². The average Bonchev–Trinajstić information content (AvgIpc) is 2.46. The number of piperidine rings is 1. The Morgan fingerprint density at radius 3 is 2.71 bits per heavy atom. The molecule has 0 aromatic heterocycles. The number of halogens is 1. The monoisotopic (exact) mass is 354 g/mol. The third kappa shape index (κ3) is 3.37. The van der Waals surface area contributed by atoms with Gasteiger partial charge >= 0.3 is 5.97 Å². The molecule has 1 heterocycles. The van der Waals surface area contributed by atoms with Gasteiger partial charge in [0.15, 0.2) is 0 Å². The number of carboxylic acids is 1. The molecule has 114 valence electrons. The lowest BCUT2D eigenvalue weighted by Gasteiger charge is -2.38. The molecule has 5 nitrogen and oxygen atoms in total. The van der Waals surface area contributed by atoms with Gasteiger partial charge in [-0.1, -0.05) is 13.3 Å². The normalized spacial score (nSPS) is 22.1. The SMILES string of the molecule is CCC1CCN(c2ccc(C(N)=O)c(Br)c2)C(C(=O)O)C1. The molecular formula is C15H19BrN2O3. The van der Waals surface area contributed by atoms with E-state index in [4.69, 9.17) is 5.73 Å². The van der Waals surface area contributed by atoms with Crippen molar-refractivity contribution in [2.75, 3.05) is 11.4 Å². The van der Waals surface area contributed by atoms with Crippen molar-refractivity contribution >= 4 is 33.5 Å². The number of carbonyl (C=O) groups is 2. The number of benzene rings is 1. The first-order valence-electron chi connectivity index (χ1n) is 7.02. The van der Waals surface area contributed by atoms with Crippen LogP contribution < -0.4 is 10.6 Å². The van der Waals surface area contributed by atoms with Crippen molar-refractivity contribution in [2.45, 2.75) is 32.2 Å². The van der Waals surface area contributed by atoms with Gasteiger partial charge in [0.2, 0.25) is 5.91 Å². The molecule has 1 amide bonds. The van der Waals surface area contributed by atoms with Crippen molar-refractivity contribution in [1.29, 1.82) is 0 Å². The molecule has 0 bridgehead atoms. The summed E-state index contributed by atoms with van der Waals surface area (Å²) in [5.41, 5.74) is 6.48. The van der Waals surface area contributed by atoms with E-state index in [1.165, 1.54) is 0 Å². The predicted octanol–water partition coefficient (Wildman–Crippen LogP) is 2.63. The first-order chi connectivity index (χ1) is 9.93. The summed E-state index contributed by atoms with van der Waals surface area (Å²) in [5, 5.41) is 9.47. The van der Waals surface area contributed by atoms with Crippen LogP contribution in [0.1, 0.15) is 36.5 Å². The van der Waals surface area contributed by atoms with Crippen molar-refractivity contribution in [3.05, 3.63) is 28.2 Å². The highest BCUT2D eigenvalue weighted by Crippen LogP contribution is 2.32. The lowest BCUT2D eigenvalue weighted by atomic mass is 9.88. The fourth-order valence-corrected chi connectivity index (χ4v) is 3.40. The summed E-state index contributed by atoms with van der Waals surface area (Å²) < 4.78 is 0.592. The molecule has 0 saturated carbocycles. The fraction of sp³-hybridized carbons (Fsp3) is 0.467. The zero-order valence-corrected chi connectivity index (χ0v) is 13.5. The van der Waals surface area contributed by atoms with Crippen LogP contribution in [0, 0.1) is 5.92 Å². The molecule has 1 aromatic carbocycles. The molecule has 0 radical (unpaired) electrons. The Kier molecular flexibility index (Phi) is 4.88. The second-order valence-corrected chi connectivity index (χ2v) is 6.23. The maximum Gasteiger partial charge on any atom is 0.326 e. The summed E-state index contributed by atoms with van der Waals surface area (Å²) in [4.78, 5) is 24.7. The van der Waals surface area contributed by atoms with Gasteiger partial charge in [0.05, 0.1) is 5.56 Å². The average molecular weight is 355 g/mol. The molecule has 0 spiro atoms. The second kappa shape index (κ2) is 6.47. The summed E-state index contributed by atoms with van der Waals surface area (Å²) in [6.07, 6.45) is 2.64. The van der Waals surface area contributed by atoms with Crippen LogP contribution in [0.15, 0.2) is 22.7 Å². The molecule has 1 aromatic rings. The number of hydrogen-bond acceptors (Lipinski definition) is 3. The van der Waals surface area contributed by atoms with Crippen LogP contribution in [0.2, 0.25) is 0 Å². The van der Waals surface area contributed by atoms with Crippen LogP contribution in [-0.2, 0) is 4.79 Å². The Morgan fingerprint density at radius 1 is 1.48 bits per heavy atom. The van der Waals surface area contributed by atoms with Gasteiger partial charge in [-0.15, -0.1) is 0 Å². The highest BCUT2D eigenvalue weighted by atomic mass is 79.9. The van der Waals surface area contributed by atoms with Crippen molar-refractivity contribution < 1.29 is 14.7 Å². The highest BCUT2D eigenvalue weighted by Gasteiger charge is 2.33. The van der Waals surface area contributed by atoms with E-state index in [-0.39, 0.29) is 0 Å². The fourth-order valence-electron chi connectivity index (χ4n) is 2.83. The Labute approximate surface area is 132 Å². The number of nitrogens with zero attached hydrogens (tertiary/aromatic N) is 1. The van der Waals surface area contributed by atoms with Crippen LogP contribution >= 0.6 is 15.9 Å². The number of anilines is 1. The molecule has 0 aliphatic carbocycles. The number of primary amides is 1. The molecule has 1 saturated heterocycles. The molecule has 1 fully saturated rings. The Hall–Kier alpha value is -1.56. The third-order valence-corrected chi connectivity index (χ3v) is 4.78. The summed E-state index contributed by atoms with van der Waals surface area (Å²) in [5.74, 6) is -0.855. The molecule has 2 unspecified atom stereocenters. The van der Waals surface area contributed by atoms with Gasteiger partial charge in [-0.2, -0.15) is 0 Å². The van der Waals surface area contributed by atoms with Gasteiger partial charge < -0.3 is 15.7 Å². The molecule has 2 rings (SSSR count). The minimum Gasteiger partial charge on any atom is -0.480 e. The number of nitrogens with two attached hydrogens (primary N) is 1. The minimum absolute atomic E-state index is 0.397. The second-order valence-electron chi connectivity index (χ2n) is 5.37. The molecule has 1 aliphatic rings. The summed E-state index contributed by atoms with van der Waals surface area (Å²) in [6, 6.07) is 4.64. The number of carboxylic acid groups (broad SMARTS) is 1. The number of rotatable bonds is 4. The quantitative estimate of drug-likeness (QED) is 0.870. The molecule has 6 heteroatoms. The first-order valence-corrected chi connectivity index (χ1v) is 7.82. The van der Waals surface area contributed by atoms with E-state index in [1.807, 2.05) is 4.90 Å². The molecule has 1 aliphatic heterocycles. The maximum atomic E-state index is 11.5. The van der Waals surface area contributed by atoms with Crippen LogP contribution in [0.4, 0.5) is 5.69 Å². The molecular weight excluding hydrogens is 336 g/mol. The van der Waals surface area contributed by atoms with Gasteiger partial charge in [-0.05, 0) is 52.9 Å². The van der Waals surface area contributed by atoms with E-state index >= 15 is 0 Å². The largest absolute Gasteiger partial charge is 0.480 e. The minimum atomic E-state index is -0.803. The predicted molar refractivity (Wildman–Crippen MR) is 84.4 cm³/mol. The smallest absolute Gasteiger partial charge is 0.326 e. The molecule has 3 N–H and O–H groups in total. The highest BCUT2D eigenvalue weighted by molar-refractivity contribution is 9.10. The molecule has 2 atom stereocenters. The lowest BCUT2D eigenvalue weighted by molar-refractivity contribution is -0.139. The van der Waals surface area contributed by atoms with Gasteiger partial charge in [-0.3, -0.25) is 4.79 Å². The standard InChI is InChI=1S/C15H19BrN2O3/c1-2-9-5-6-18(13(7-9)15(20)21)10-3-4-11(14(17)19)12(16)8-10/h3-4,8-9,13H,2,5-7H2,1H3,(H2,17,19)(H,20,21). The third-order valence-electron chi connectivity index (χ3n) is 4.12. The zero-order chi connectivity index (χ0) is 15.6.